The van der Waals surface area contributed by atoms with Gasteiger partial charge in [0.05, 0.1) is 8.07 Å². The molecule has 0 atom stereocenters. The molecule has 0 amide bonds. The van der Waals surface area contributed by atoms with Gasteiger partial charge in [0.15, 0.2) is 0 Å². The summed E-state index contributed by atoms with van der Waals surface area (Å²) in [4.78, 5) is 0. The Morgan fingerprint density at radius 3 is 1.92 bits per heavy atom. The van der Waals surface area contributed by atoms with Crippen LogP contribution in [0.25, 0.3) is 10.8 Å². The molecule has 134 valence electrons. The second-order valence-corrected chi connectivity index (χ2v) is 18.2. The van der Waals surface area contributed by atoms with Crippen LogP contribution in [0.5, 0.6) is 0 Å². The van der Waals surface area contributed by atoms with E-state index in [1.54, 1.807) is 10.4 Å². The molecule has 2 aromatic carbocycles. The Hall–Kier alpha value is 0.0381. The van der Waals surface area contributed by atoms with Gasteiger partial charge < -0.3 is 24.8 Å². The van der Waals surface area contributed by atoms with Crippen molar-refractivity contribution in [3.63, 3.8) is 0 Å². The zero-order chi connectivity index (χ0) is 16.4. The smallest absolute Gasteiger partial charge is 1.00 e. The molecule has 3 rings (SSSR count). The summed E-state index contributed by atoms with van der Waals surface area (Å²) in [6.45, 7) is 14.4. The second-order valence-electron chi connectivity index (χ2n) is 8.08. The van der Waals surface area contributed by atoms with Gasteiger partial charge in [-0.1, -0.05) is 45.3 Å². The summed E-state index contributed by atoms with van der Waals surface area (Å²) in [5.41, 5.74) is 0. The molecule has 0 N–H and O–H groups in total. The van der Waals surface area contributed by atoms with Crippen LogP contribution < -0.4 is 24.8 Å². The Kier molecular flexibility index (Phi) is 12.0. The fourth-order valence-electron chi connectivity index (χ4n) is 2.53. The number of hydrogen-bond acceptors (Lipinski definition) is 0. The zero-order valence-corrected chi connectivity index (χ0v) is 21.2. The van der Waals surface area contributed by atoms with E-state index >= 15 is 0 Å². The Morgan fingerprint density at radius 2 is 1.48 bits per heavy atom. The molecule has 1 aliphatic rings. The van der Waals surface area contributed by atoms with Crippen LogP contribution in [0.4, 0.5) is 0 Å². The minimum absolute atomic E-state index is 0. The largest absolute Gasteiger partial charge is 4.00 e. The van der Waals surface area contributed by atoms with Gasteiger partial charge in [0.2, 0.25) is 0 Å². The van der Waals surface area contributed by atoms with E-state index < -0.39 is 16.1 Å². The van der Waals surface area contributed by atoms with E-state index in [-0.39, 0.29) is 46.5 Å². The maximum Gasteiger partial charge on any atom is 4.00 e. The second kappa shape index (κ2) is 11.0. The Labute approximate surface area is 183 Å². The summed E-state index contributed by atoms with van der Waals surface area (Å²) in [6.07, 6.45) is 7.28. The zero-order valence-electron chi connectivity index (χ0n) is 16.1. The van der Waals surface area contributed by atoms with Crippen LogP contribution in [-0.2, 0) is 21.7 Å². The molecule has 0 saturated heterocycles. The third-order valence-electron chi connectivity index (χ3n) is 4.06. The molecule has 0 aliphatic heterocycles. The first kappa shape index (κ1) is 27.3. The van der Waals surface area contributed by atoms with Crippen LogP contribution in [-0.4, -0.2) is 16.1 Å². The third kappa shape index (κ3) is 8.07. The molecule has 0 unspecified atom stereocenters. The van der Waals surface area contributed by atoms with E-state index in [2.05, 4.69) is 93.9 Å². The first-order valence-electron chi connectivity index (χ1n) is 8.12. The number of allylic oxidation sites excluding steroid dienone is 4. The third-order valence-corrected chi connectivity index (χ3v) is 8.14. The Bertz CT molecular complexity index is 674. The fourth-order valence-corrected chi connectivity index (χ4v) is 5.12. The van der Waals surface area contributed by atoms with Crippen LogP contribution in [0.2, 0.25) is 39.3 Å². The molecule has 0 fully saturated rings. The van der Waals surface area contributed by atoms with Gasteiger partial charge in [0.1, 0.15) is 0 Å². The van der Waals surface area contributed by atoms with E-state index in [0.717, 1.165) is 0 Å². The first-order valence-corrected chi connectivity index (χ1v) is 15.1. The van der Waals surface area contributed by atoms with Crippen molar-refractivity contribution in [1.82, 2.24) is 0 Å². The van der Waals surface area contributed by atoms with E-state index in [0.29, 0.717) is 0 Å². The topological polar surface area (TPSA) is 0 Å². The Balaban J connectivity index is 0. The number of rotatable bonds is 2. The van der Waals surface area contributed by atoms with Crippen molar-refractivity contribution < 1.29 is 46.5 Å². The van der Waals surface area contributed by atoms with E-state index in [1.807, 2.05) is 0 Å². The van der Waals surface area contributed by atoms with Gasteiger partial charge in [0, 0.05) is 8.07 Å². The molecule has 0 nitrogen and oxygen atoms in total. The molecule has 0 aromatic heterocycles. The maximum absolute atomic E-state index is 3.67. The molecule has 0 bridgehead atoms. The van der Waals surface area contributed by atoms with Crippen LogP contribution in [0, 0.1) is 6.08 Å². The van der Waals surface area contributed by atoms with Gasteiger partial charge in [-0.05, 0) is 0 Å². The fraction of sp³-hybridized carbons (Fsp3) is 0.350. The summed E-state index contributed by atoms with van der Waals surface area (Å²) >= 11 is 0. The van der Waals surface area contributed by atoms with Crippen LogP contribution in [0.3, 0.4) is 0 Å². The van der Waals surface area contributed by atoms with Crippen molar-refractivity contribution in [2.75, 3.05) is 0 Å². The molecule has 0 spiro atoms. The molecular formula is C20H28Cl2Si2Ti. The van der Waals surface area contributed by atoms with Gasteiger partial charge in [-0.25, -0.2) is 11.3 Å². The van der Waals surface area contributed by atoms with Gasteiger partial charge in [0.25, 0.3) is 0 Å². The summed E-state index contributed by atoms with van der Waals surface area (Å²) in [5, 5.41) is 5.82. The summed E-state index contributed by atoms with van der Waals surface area (Å²) in [6, 6.07) is 14.7. The van der Waals surface area contributed by atoms with Crippen molar-refractivity contribution in [1.29, 1.82) is 0 Å². The van der Waals surface area contributed by atoms with Gasteiger partial charge >= 0.3 is 21.7 Å². The predicted octanol–water partition coefficient (Wildman–Crippen LogP) is 0.365. The van der Waals surface area contributed by atoms with Gasteiger partial charge in [-0.2, -0.15) is 22.7 Å². The predicted molar refractivity (Wildman–Crippen MR) is 106 cm³/mol. The Morgan fingerprint density at radius 1 is 0.880 bits per heavy atom. The summed E-state index contributed by atoms with van der Waals surface area (Å²) in [7, 11) is -2.16. The van der Waals surface area contributed by atoms with E-state index in [9.17, 15) is 0 Å². The number of hydrogen-bond donors (Lipinski definition) is 0. The maximum atomic E-state index is 3.67. The molecule has 1 aliphatic carbocycles. The summed E-state index contributed by atoms with van der Waals surface area (Å²) in [5.74, 6) is 0. The van der Waals surface area contributed by atoms with Crippen molar-refractivity contribution >= 4 is 26.9 Å². The molecular weight excluding hydrogens is 415 g/mol. The number of benzene rings is 1. The minimum Gasteiger partial charge on any atom is -1.00 e. The first-order chi connectivity index (χ1) is 10.2. The molecule has 0 saturated carbocycles. The molecule has 5 heteroatoms. The SMILES string of the molecule is C[Si](C)(C)C1=[C-]C([Si](C)(C)C)=CC1.[Cl-].[Cl-].[Ti+4].c1ccc2[cH-]ccc2c1. The molecule has 0 radical (unpaired) electrons. The van der Waals surface area contributed by atoms with Crippen LogP contribution in [0.1, 0.15) is 6.42 Å². The van der Waals surface area contributed by atoms with Crippen LogP contribution >= 0.6 is 0 Å². The molecule has 0 heterocycles. The minimum atomic E-state index is -1.09. The average Bonchev–Trinajstić information content (AvgIpc) is 3.07. The quantitative estimate of drug-likeness (QED) is 0.465. The normalized spacial score (nSPS) is 13.4. The summed E-state index contributed by atoms with van der Waals surface area (Å²) < 4.78 is 0. The standard InChI is InChI=1S/C11H21Si2.C9H7.2ClH.Ti/c1-12(2,3)10-7-8-11(9-10)13(4,5)6;1-2-5-9-7-3-6-8(9)4-1;;;/h7H,8H2,1-6H3;1-7H;2*1H;/q2*-1;;;+4/p-2. The van der Waals surface area contributed by atoms with Crippen molar-refractivity contribution in [2.24, 2.45) is 0 Å². The number of halogens is 2. The monoisotopic (exact) mass is 442 g/mol. The van der Waals surface area contributed by atoms with E-state index in [1.165, 1.54) is 17.2 Å². The van der Waals surface area contributed by atoms with Crippen molar-refractivity contribution in [3.05, 3.63) is 65.0 Å². The van der Waals surface area contributed by atoms with Crippen molar-refractivity contribution in [3.8, 4) is 0 Å². The van der Waals surface area contributed by atoms with Gasteiger partial charge in [-0.15, -0.1) is 36.1 Å². The van der Waals surface area contributed by atoms with Gasteiger partial charge in [-0.3, -0.25) is 6.08 Å². The van der Waals surface area contributed by atoms with Crippen molar-refractivity contribution in [2.45, 2.75) is 45.7 Å². The average molecular weight is 443 g/mol. The van der Waals surface area contributed by atoms with E-state index in [4.69, 9.17) is 0 Å². The molecule has 2 aromatic rings. The molecule has 25 heavy (non-hydrogen) atoms. The number of fused-ring (bicyclic) bond motifs is 1. The van der Waals surface area contributed by atoms with Crippen LogP contribution in [0.15, 0.2) is 58.9 Å².